The number of nitrogens with two attached hydrogens (primary N) is 1. The Kier molecular flexibility index (Phi) is 4.37. The van der Waals surface area contributed by atoms with Crippen LogP contribution < -0.4 is 15.8 Å². The summed E-state index contributed by atoms with van der Waals surface area (Å²) in [5, 5.41) is 3.20. The largest absolute Gasteiger partial charge is 0.496 e. The molecule has 0 spiro atoms. The normalized spacial score (nSPS) is 15.0. The third kappa shape index (κ3) is 3.17. The molecule has 1 fully saturated rings. The van der Waals surface area contributed by atoms with Crippen LogP contribution in [0.1, 0.15) is 28.8 Å². The molecule has 6 heteroatoms. The van der Waals surface area contributed by atoms with Gasteiger partial charge in [0, 0.05) is 18.0 Å². The van der Waals surface area contributed by atoms with Crippen molar-refractivity contribution in [1.29, 1.82) is 0 Å². The van der Waals surface area contributed by atoms with E-state index in [9.17, 15) is 9.18 Å². The van der Waals surface area contributed by atoms with Crippen LogP contribution in [-0.4, -0.2) is 19.6 Å². The summed E-state index contributed by atoms with van der Waals surface area (Å²) >= 11 is 6.00. The summed E-state index contributed by atoms with van der Waals surface area (Å²) in [7, 11) is 1.47. The van der Waals surface area contributed by atoms with Gasteiger partial charge in [-0.3, -0.25) is 4.79 Å². The third-order valence-electron chi connectivity index (χ3n) is 4.44. The summed E-state index contributed by atoms with van der Waals surface area (Å²) in [5.74, 6) is -0.196. The predicted octanol–water partition coefficient (Wildman–Crippen LogP) is 3.53. The van der Waals surface area contributed by atoms with Gasteiger partial charge in [0.15, 0.2) is 0 Å². The van der Waals surface area contributed by atoms with E-state index in [2.05, 4.69) is 5.32 Å². The lowest BCUT2D eigenvalue weighted by Crippen LogP contribution is -2.32. The van der Waals surface area contributed by atoms with E-state index in [1.807, 2.05) is 6.07 Å². The molecule has 1 amide bonds. The Balaban J connectivity index is 1.76. The number of amides is 1. The maximum absolute atomic E-state index is 13.4. The summed E-state index contributed by atoms with van der Waals surface area (Å²) in [6.45, 7) is 0.431. The van der Waals surface area contributed by atoms with Gasteiger partial charge >= 0.3 is 0 Å². The smallest absolute Gasteiger partial charge is 0.255 e. The maximum atomic E-state index is 13.4. The second-order valence-corrected chi connectivity index (χ2v) is 6.45. The van der Waals surface area contributed by atoms with Crippen molar-refractivity contribution in [2.24, 2.45) is 0 Å². The molecule has 0 saturated heterocycles. The zero-order valence-electron chi connectivity index (χ0n) is 13.2. The zero-order chi connectivity index (χ0) is 17.3. The fraction of sp³-hybridized carbons (Fsp3) is 0.278. The van der Waals surface area contributed by atoms with Crippen molar-refractivity contribution in [2.75, 3.05) is 19.4 Å². The molecule has 4 nitrogen and oxygen atoms in total. The van der Waals surface area contributed by atoms with E-state index in [1.54, 1.807) is 6.07 Å². The van der Waals surface area contributed by atoms with Gasteiger partial charge in [-0.1, -0.05) is 23.7 Å². The molecule has 126 valence electrons. The number of benzene rings is 2. The van der Waals surface area contributed by atoms with Gasteiger partial charge < -0.3 is 15.8 Å². The molecular weight excluding hydrogens is 331 g/mol. The van der Waals surface area contributed by atoms with Crippen LogP contribution >= 0.6 is 11.6 Å². The van der Waals surface area contributed by atoms with Gasteiger partial charge in [0.25, 0.3) is 5.91 Å². The highest BCUT2D eigenvalue weighted by Crippen LogP contribution is 2.47. The monoisotopic (exact) mass is 348 g/mol. The fourth-order valence-electron chi connectivity index (χ4n) is 2.80. The Labute approximate surface area is 144 Å². The van der Waals surface area contributed by atoms with E-state index in [4.69, 9.17) is 22.1 Å². The Morgan fingerprint density at radius 3 is 2.75 bits per heavy atom. The van der Waals surface area contributed by atoms with Gasteiger partial charge in [0.05, 0.1) is 23.4 Å². The second kappa shape index (κ2) is 6.32. The topological polar surface area (TPSA) is 64.3 Å². The number of halogens is 2. The van der Waals surface area contributed by atoms with Gasteiger partial charge in [-0.05, 0) is 36.6 Å². The molecular formula is C18H18ClFN2O2. The first-order valence-corrected chi connectivity index (χ1v) is 8.00. The van der Waals surface area contributed by atoms with Crippen molar-refractivity contribution >= 4 is 23.2 Å². The van der Waals surface area contributed by atoms with Crippen molar-refractivity contribution in [3.8, 4) is 5.75 Å². The Morgan fingerprint density at radius 1 is 1.38 bits per heavy atom. The number of rotatable bonds is 5. The van der Waals surface area contributed by atoms with E-state index in [0.717, 1.165) is 18.4 Å². The molecule has 0 aliphatic heterocycles. The summed E-state index contributed by atoms with van der Waals surface area (Å²) < 4.78 is 18.6. The summed E-state index contributed by atoms with van der Waals surface area (Å²) in [5.41, 5.74) is 7.12. The van der Waals surface area contributed by atoms with Crippen LogP contribution in [0.3, 0.4) is 0 Å². The summed E-state index contributed by atoms with van der Waals surface area (Å²) in [6, 6.07) is 9.54. The van der Waals surface area contributed by atoms with Crippen LogP contribution in [0.4, 0.5) is 10.1 Å². The molecule has 0 aromatic heterocycles. The van der Waals surface area contributed by atoms with Gasteiger partial charge in [0.2, 0.25) is 0 Å². The minimum absolute atomic E-state index is 0.192. The Bertz CT molecular complexity index is 791. The van der Waals surface area contributed by atoms with Gasteiger partial charge in [-0.2, -0.15) is 0 Å². The molecule has 0 bridgehead atoms. The lowest BCUT2D eigenvalue weighted by atomic mass is 9.95. The third-order valence-corrected chi connectivity index (χ3v) is 4.77. The molecule has 3 N–H and O–H groups in total. The van der Waals surface area contributed by atoms with E-state index in [-0.39, 0.29) is 17.1 Å². The molecule has 0 radical (unpaired) electrons. The first-order valence-electron chi connectivity index (χ1n) is 7.62. The zero-order valence-corrected chi connectivity index (χ0v) is 14.0. The maximum Gasteiger partial charge on any atom is 0.255 e. The van der Waals surface area contributed by atoms with E-state index < -0.39 is 0 Å². The average molecular weight is 349 g/mol. The molecule has 0 unspecified atom stereocenters. The summed E-state index contributed by atoms with van der Waals surface area (Å²) in [6.07, 6.45) is 1.83. The number of carbonyl (C=O) groups is 1. The minimum Gasteiger partial charge on any atom is -0.496 e. The Hall–Kier alpha value is -2.27. The first kappa shape index (κ1) is 16.6. The number of hydrogen-bond donors (Lipinski definition) is 2. The minimum atomic E-state index is -0.295. The van der Waals surface area contributed by atoms with Gasteiger partial charge in [0.1, 0.15) is 11.6 Å². The number of nitrogens with one attached hydrogen (secondary N) is 1. The van der Waals surface area contributed by atoms with Crippen molar-refractivity contribution in [3.05, 3.63) is 58.4 Å². The second-order valence-electron chi connectivity index (χ2n) is 6.05. The van der Waals surface area contributed by atoms with Crippen LogP contribution in [0.25, 0.3) is 0 Å². The van der Waals surface area contributed by atoms with Crippen LogP contribution in [0.15, 0.2) is 36.4 Å². The highest BCUT2D eigenvalue weighted by atomic mass is 35.5. The lowest BCUT2D eigenvalue weighted by Gasteiger charge is -2.18. The first-order chi connectivity index (χ1) is 11.4. The molecule has 3 rings (SSSR count). The van der Waals surface area contributed by atoms with Crippen molar-refractivity contribution in [1.82, 2.24) is 5.32 Å². The predicted molar refractivity (Wildman–Crippen MR) is 92.1 cm³/mol. The molecule has 24 heavy (non-hydrogen) atoms. The van der Waals surface area contributed by atoms with E-state index in [0.29, 0.717) is 28.6 Å². The van der Waals surface area contributed by atoms with Crippen molar-refractivity contribution < 1.29 is 13.9 Å². The summed E-state index contributed by atoms with van der Waals surface area (Å²) in [4.78, 5) is 12.5. The van der Waals surface area contributed by atoms with Gasteiger partial charge in [-0.15, -0.1) is 0 Å². The molecule has 1 aliphatic rings. The number of ether oxygens (including phenoxy) is 1. The molecule has 2 aromatic rings. The highest BCUT2D eigenvalue weighted by Gasteiger charge is 2.44. The van der Waals surface area contributed by atoms with Gasteiger partial charge in [-0.25, -0.2) is 4.39 Å². The average Bonchev–Trinajstić information content (AvgIpc) is 3.36. The SMILES string of the molecule is COc1cc(N)c(Cl)cc1C(=O)NCC1(c2cccc(F)c2)CC1. The van der Waals surface area contributed by atoms with Crippen LogP contribution in [0.5, 0.6) is 5.75 Å². The van der Waals surface area contributed by atoms with Crippen LogP contribution in [0, 0.1) is 5.82 Å². The fourth-order valence-corrected chi connectivity index (χ4v) is 2.96. The quantitative estimate of drug-likeness (QED) is 0.812. The molecule has 1 aliphatic carbocycles. The van der Waals surface area contributed by atoms with E-state index >= 15 is 0 Å². The highest BCUT2D eigenvalue weighted by molar-refractivity contribution is 6.33. The number of nitrogen functional groups attached to an aromatic ring is 1. The molecule has 1 saturated carbocycles. The standard InChI is InChI=1S/C18H18ClFN2O2/c1-24-16-9-15(21)14(19)8-13(16)17(23)22-10-18(5-6-18)11-3-2-4-12(20)7-11/h2-4,7-9H,5-6,10,21H2,1H3,(H,22,23). The number of methoxy groups -OCH3 is 1. The Morgan fingerprint density at radius 2 is 2.12 bits per heavy atom. The molecule has 0 heterocycles. The van der Waals surface area contributed by atoms with Crippen molar-refractivity contribution in [3.63, 3.8) is 0 Å². The number of carbonyl (C=O) groups excluding carboxylic acids is 1. The van der Waals surface area contributed by atoms with E-state index in [1.165, 1.54) is 31.4 Å². The molecule has 0 atom stereocenters. The van der Waals surface area contributed by atoms with Crippen LogP contribution in [0.2, 0.25) is 5.02 Å². The lowest BCUT2D eigenvalue weighted by molar-refractivity contribution is 0.0946. The number of anilines is 1. The molecule has 2 aromatic carbocycles. The number of hydrogen-bond acceptors (Lipinski definition) is 3. The van der Waals surface area contributed by atoms with Crippen molar-refractivity contribution in [2.45, 2.75) is 18.3 Å². The van der Waals surface area contributed by atoms with Crippen LogP contribution in [-0.2, 0) is 5.41 Å².